The fraction of sp³-hybridized carbons (Fsp3) is 0.462. The summed E-state index contributed by atoms with van der Waals surface area (Å²) in [4.78, 5) is 17.9. The zero-order chi connectivity index (χ0) is 14.0. The van der Waals surface area contributed by atoms with Crippen molar-refractivity contribution in [1.29, 1.82) is 0 Å². The van der Waals surface area contributed by atoms with E-state index in [1.54, 1.807) is 11.1 Å². The fourth-order valence-electron chi connectivity index (χ4n) is 2.30. The van der Waals surface area contributed by atoms with Gasteiger partial charge in [0, 0.05) is 32.3 Å². The van der Waals surface area contributed by atoms with E-state index in [4.69, 9.17) is 18.0 Å². The molecule has 1 amide bonds. The van der Waals surface area contributed by atoms with Gasteiger partial charge in [-0.3, -0.25) is 4.79 Å². The number of hydrogen-bond donors (Lipinski definition) is 2. The van der Waals surface area contributed by atoms with E-state index in [0.29, 0.717) is 23.8 Å². The van der Waals surface area contributed by atoms with Gasteiger partial charge in [0.25, 0.3) is 0 Å². The molecular weight excluding hydrogens is 260 g/mol. The average Bonchev–Trinajstić information content (AvgIpc) is 2.33. The Morgan fingerprint density at radius 1 is 1.63 bits per heavy atom. The molecule has 1 saturated heterocycles. The van der Waals surface area contributed by atoms with Crippen LogP contribution in [-0.2, 0) is 4.79 Å². The van der Waals surface area contributed by atoms with Gasteiger partial charge in [0.05, 0.1) is 5.56 Å². The molecule has 5 nitrogen and oxygen atoms in total. The first-order valence-corrected chi connectivity index (χ1v) is 6.65. The smallest absolute Gasteiger partial charge is 0.222 e. The van der Waals surface area contributed by atoms with Crippen molar-refractivity contribution in [2.24, 2.45) is 5.73 Å². The number of aromatic nitrogens is 1. The van der Waals surface area contributed by atoms with Crippen LogP contribution in [0.1, 0.15) is 24.0 Å². The number of rotatable bonds is 3. The van der Waals surface area contributed by atoms with E-state index in [1.807, 2.05) is 20.0 Å². The van der Waals surface area contributed by atoms with Crippen LogP contribution in [-0.4, -0.2) is 40.4 Å². The number of piperidine rings is 1. The number of nitrogens with two attached hydrogens (primary N) is 1. The molecule has 0 spiro atoms. The van der Waals surface area contributed by atoms with Crippen LogP contribution in [0.25, 0.3) is 0 Å². The van der Waals surface area contributed by atoms with Crippen LogP contribution in [0.5, 0.6) is 0 Å². The normalized spacial score (nSPS) is 19.4. The summed E-state index contributed by atoms with van der Waals surface area (Å²) in [5.74, 6) is 0.894. The van der Waals surface area contributed by atoms with Crippen molar-refractivity contribution in [2.45, 2.75) is 25.8 Å². The van der Waals surface area contributed by atoms with Crippen molar-refractivity contribution in [3.05, 3.63) is 23.4 Å². The molecule has 1 fully saturated rings. The molecule has 19 heavy (non-hydrogen) atoms. The van der Waals surface area contributed by atoms with Gasteiger partial charge in [0.1, 0.15) is 10.8 Å². The van der Waals surface area contributed by atoms with Crippen molar-refractivity contribution < 1.29 is 4.79 Å². The summed E-state index contributed by atoms with van der Waals surface area (Å²) in [7, 11) is 1.81. The van der Waals surface area contributed by atoms with Gasteiger partial charge in [-0.25, -0.2) is 4.98 Å². The summed E-state index contributed by atoms with van der Waals surface area (Å²) in [6, 6.07) is 2.07. The highest BCUT2D eigenvalue weighted by Crippen LogP contribution is 2.20. The van der Waals surface area contributed by atoms with Crippen LogP contribution >= 0.6 is 12.2 Å². The molecule has 0 aliphatic carbocycles. The van der Waals surface area contributed by atoms with Crippen molar-refractivity contribution >= 4 is 28.9 Å². The number of carbonyl (C=O) groups excluding carboxylic acids is 1. The summed E-state index contributed by atoms with van der Waals surface area (Å²) in [5.41, 5.74) is 7.55. The molecule has 1 aliphatic heterocycles. The number of thiocarbonyl (C=S) groups is 1. The van der Waals surface area contributed by atoms with Crippen LogP contribution in [0.2, 0.25) is 0 Å². The van der Waals surface area contributed by atoms with Gasteiger partial charge in [-0.15, -0.1) is 0 Å². The summed E-state index contributed by atoms with van der Waals surface area (Å²) in [6.07, 6.45) is 3.09. The molecule has 0 saturated carbocycles. The standard InChI is InChI=1S/C13H18N4OS/c1-8-5-6-15-13(11(8)12(14)19)16-9-3-4-10(18)17(2)7-9/h5-6,9H,3-4,7H2,1-2H3,(H2,14,19)(H,15,16). The molecule has 3 N–H and O–H groups in total. The van der Waals surface area contributed by atoms with Gasteiger partial charge in [-0.1, -0.05) is 12.2 Å². The molecule has 0 bridgehead atoms. The fourth-order valence-corrected chi connectivity index (χ4v) is 2.56. The topological polar surface area (TPSA) is 71.2 Å². The zero-order valence-electron chi connectivity index (χ0n) is 11.1. The molecule has 6 heteroatoms. The van der Waals surface area contributed by atoms with Crippen molar-refractivity contribution in [2.75, 3.05) is 18.9 Å². The Balaban J connectivity index is 2.18. The van der Waals surface area contributed by atoms with E-state index in [-0.39, 0.29) is 11.9 Å². The lowest BCUT2D eigenvalue weighted by atomic mass is 10.0. The number of likely N-dealkylation sites (tertiary alicyclic amines) is 1. The number of amides is 1. The zero-order valence-corrected chi connectivity index (χ0v) is 12.0. The van der Waals surface area contributed by atoms with E-state index in [0.717, 1.165) is 17.5 Å². The molecule has 1 aromatic rings. The Hall–Kier alpha value is -1.69. The molecular formula is C13H18N4OS. The summed E-state index contributed by atoms with van der Waals surface area (Å²) in [5, 5.41) is 3.35. The molecule has 2 heterocycles. The third-order valence-corrected chi connectivity index (χ3v) is 3.58. The third kappa shape index (κ3) is 3.01. The second-order valence-electron chi connectivity index (χ2n) is 4.87. The molecule has 1 aromatic heterocycles. The predicted molar refractivity (Wildman–Crippen MR) is 79.1 cm³/mol. The maximum Gasteiger partial charge on any atom is 0.222 e. The highest BCUT2D eigenvalue weighted by atomic mass is 32.1. The highest BCUT2D eigenvalue weighted by molar-refractivity contribution is 7.80. The second kappa shape index (κ2) is 5.52. The van der Waals surface area contributed by atoms with E-state index in [9.17, 15) is 4.79 Å². The van der Waals surface area contributed by atoms with Crippen molar-refractivity contribution in [1.82, 2.24) is 9.88 Å². The maximum absolute atomic E-state index is 11.5. The Morgan fingerprint density at radius 2 is 2.37 bits per heavy atom. The van der Waals surface area contributed by atoms with Crippen LogP contribution in [0.3, 0.4) is 0 Å². The van der Waals surface area contributed by atoms with Gasteiger partial charge in [0.2, 0.25) is 5.91 Å². The first-order chi connectivity index (χ1) is 8.99. The molecule has 0 radical (unpaired) electrons. The van der Waals surface area contributed by atoms with E-state index >= 15 is 0 Å². The second-order valence-corrected chi connectivity index (χ2v) is 5.31. The average molecular weight is 278 g/mol. The highest BCUT2D eigenvalue weighted by Gasteiger charge is 2.24. The Kier molecular flexibility index (Phi) is 3.99. The van der Waals surface area contributed by atoms with Gasteiger partial charge >= 0.3 is 0 Å². The summed E-state index contributed by atoms with van der Waals surface area (Å²) in [6.45, 7) is 2.63. The SMILES string of the molecule is Cc1ccnc(NC2CCC(=O)N(C)C2)c1C(N)=S. The van der Waals surface area contributed by atoms with E-state index in [2.05, 4.69) is 10.3 Å². The largest absolute Gasteiger partial charge is 0.389 e. The van der Waals surface area contributed by atoms with Gasteiger partial charge in [-0.2, -0.15) is 0 Å². The van der Waals surface area contributed by atoms with E-state index in [1.165, 1.54) is 0 Å². The van der Waals surface area contributed by atoms with Crippen LogP contribution in [0, 0.1) is 6.92 Å². The molecule has 1 atom stereocenters. The number of anilines is 1. The summed E-state index contributed by atoms with van der Waals surface area (Å²) < 4.78 is 0. The van der Waals surface area contributed by atoms with Crippen molar-refractivity contribution in [3.63, 3.8) is 0 Å². The summed E-state index contributed by atoms with van der Waals surface area (Å²) >= 11 is 5.08. The third-order valence-electron chi connectivity index (χ3n) is 3.37. The molecule has 1 unspecified atom stereocenters. The number of nitrogens with zero attached hydrogens (tertiary/aromatic N) is 2. The minimum Gasteiger partial charge on any atom is -0.389 e. The number of hydrogen-bond acceptors (Lipinski definition) is 4. The van der Waals surface area contributed by atoms with E-state index < -0.39 is 0 Å². The van der Waals surface area contributed by atoms with Gasteiger partial charge < -0.3 is 16.0 Å². The Morgan fingerprint density at radius 3 is 3.00 bits per heavy atom. The Bertz CT molecular complexity index is 517. The number of likely N-dealkylation sites (N-methyl/N-ethyl adjacent to an activating group) is 1. The van der Waals surface area contributed by atoms with Crippen LogP contribution in [0.15, 0.2) is 12.3 Å². The minimum atomic E-state index is 0.185. The Labute approximate surface area is 118 Å². The number of pyridine rings is 1. The molecule has 102 valence electrons. The van der Waals surface area contributed by atoms with Crippen LogP contribution in [0.4, 0.5) is 5.82 Å². The maximum atomic E-state index is 11.5. The lowest BCUT2D eigenvalue weighted by Gasteiger charge is -2.31. The predicted octanol–water partition coefficient (Wildman–Crippen LogP) is 1.06. The first kappa shape index (κ1) is 13.7. The van der Waals surface area contributed by atoms with Crippen LogP contribution < -0.4 is 11.1 Å². The quantitative estimate of drug-likeness (QED) is 0.809. The molecule has 1 aliphatic rings. The number of aryl methyl sites for hydroxylation is 1. The minimum absolute atomic E-state index is 0.185. The lowest BCUT2D eigenvalue weighted by molar-refractivity contribution is -0.132. The lowest BCUT2D eigenvalue weighted by Crippen LogP contribution is -2.43. The number of carbonyl (C=O) groups is 1. The first-order valence-electron chi connectivity index (χ1n) is 6.25. The number of nitrogens with one attached hydrogen (secondary N) is 1. The van der Waals surface area contributed by atoms with Gasteiger partial charge in [-0.05, 0) is 25.0 Å². The monoisotopic (exact) mass is 278 g/mol. The van der Waals surface area contributed by atoms with Gasteiger partial charge in [0.15, 0.2) is 0 Å². The molecule has 0 aromatic carbocycles. The molecule has 2 rings (SSSR count). The van der Waals surface area contributed by atoms with Crippen molar-refractivity contribution in [3.8, 4) is 0 Å².